The van der Waals surface area contributed by atoms with Crippen LogP contribution < -0.4 is 5.32 Å². The van der Waals surface area contributed by atoms with E-state index in [4.69, 9.17) is 21.1 Å². The summed E-state index contributed by atoms with van der Waals surface area (Å²) in [7, 11) is 2.42. The molecule has 3 rings (SSSR count). The number of amides is 2. The summed E-state index contributed by atoms with van der Waals surface area (Å²) in [6.45, 7) is 0.545. The minimum Gasteiger partial charge on any atom is -0.465 e. The van der Waals surface area contributed by atoms with Crippen LogP contribution in [0.3, 0.4) is 0 Å². The van der Waals surface area contributed by atoms with E-state index in [9.17, 15) is 19.2 Å². The number of anilines is 1. The highest BCUT2D eigenvalue weighted by Gasteiger charge is 2.34. The maximum Gasteiger partial charge on any atom is 0.337 e. The lowest BCUT2D eigenvalue weighted by Gasteiger charge is -2.17. The summed E-state index contributed by atoms with van der Waals surface area (Å²) >= 11 is 6.17. The maximum atomic E-state index is 12.8. The van der Waals surface area contributed by atoms with Crippen LogP contribution in [-0.2, 0) is 25.6 Å². The van der Waals surface area contributed by atoms with E-state index in [2.05, 4.69) is 5.32 Å². The highest BCUT2D eigenvalue weighted by Crippen LogP contribution is 2.25. The smallest absolute Gasteiger partial charge is 0.337 e. The fourth-order valence-electron chi connectivity index (χ4n) is 3.35. The van der Waals surface area contributed by atoms with E-state index in [0.29, 0.717) is 11.6 Å². The van der Waals surface area contributed by atoms with Crippen molar-refractivity contribution in [3.8, 4) is 0 Å². The number of nitrogens with one attached hydrogen (secondary N) is 1. The zero-order valence-electron chi connectivity index (χ0n) is 17.0. The Morgan fingerprint density at radius 1 is 1.06 bits per heavy atom. The Hall–Kier alpha value is -3.39. The number of ether oxygens (including phenoxy) is 2. The summed E-state index contributed by atoms with van der Waals surface area (Å²) in [5.41, 5.74) is 1.20. The van der Waals surface area contributed by atoms with Crippen molar-refractivity contribution in [3.05, 3.63) is 64.2 Å². The predicted octanol–water partition coefficient (Wildman–Crippen LogP) is 2.90. The van der Waals surface area contributed by atoms with Gasteiger partial charge in [-0.15, -0.1) is 0 Å². The SMILES string of the molecule is COC(=O)c1cc(NC(=O)C2CC(=O)N(Cc3ccccc3Cl)C2)cc(C(=O)OC)c1. The third-order valence-electron chi connectivity index (χ3n) is 4.95. The van der Waals surface area contributed by atoms with Gasteiger partial charge in [0.15, 0.2) is 0 Å². The molecule has 1 aliphatic heterocycles. The first kappa shape index (κ1) is 22.3. The zero-order chi connectivity index (χ0) is 22.5. The third-order valence-corrected chi connectivity index (χ3v) is 5.32. The number of carbonyl (C=O) groups excluding carboxylic acids is 4. The van der Waals surface area contributed by atoms with Gasteiger partial charge in [0.2, 0.25) is 11.8 Å². The quantitative estimate of drug-likeness (QED) is 0.687. The molecule has 2 amide bonds. The number of halogens is 1. The van der Waals surface area contributed by atoms with E-state index in [-0.39, 0.29) is 35.7 Å². The van der Waals surface area contributed by atoms with Gasteiger partial charge in [0.05, 0.1) is 31.3 Å². The maximum absolute atomic E-state index is 12.8. The number of benzene rings is 2. The van der Waals surface area contributed by atoms with E-state index in [0.717, 1.165) is 5.56 Å². The lowest BCUT2D eigenvalue weighted by atomic mass is 10.1. The molecule has 0 bridgehead atoms. The molecule has 2 aromatic rings. The van der Waals surface area contributed by atoms with Gasteiger partial charge in [-0.2, -0.15) is 0 Å². The molecule has 1 N–H and O–H groups in total. The van der Waals surface area contributed by atoms with Gasteiger partial charge < -0.3 is 19.7 Å². The number of nitrogens with zero attached hydrogens (tertiary/aromatic N) is 1. The molecule has 1 aliphatic rings. The Morgan fingerprint density at radius 3 is 2.26 bits per heavy atom. The topological polar surface area (TPSA) is 102 Å². The van der Waals surface area contributed by atoms with Crippen molar-refractivity contribution in [2.24, 2.45) is 5.92 Å². The van der Waals surface area contributed by atoms with Crippen molar-refractivity contribution >= 4 is 41.0 Å². The van der Waals surface area contributed by atoms with Crippen LogP contribution >= 0.6 is 11.6 Å². The summed E-state index contributed by atoms with van der Waals surface area (Å²) in [6, 6.07) is 11.3. The van der Waals surface area contributed by atoms with E-state index < -0.39 is 23.8 Å². The first-order chi connectivity index (χ1) is 14.8. The minimum absolute atomic E-state index is 0.0524. The first-order valence-corrected chi connectivity index (χ1v) is 9.84. The number of rotatable bonds is 6. The van der Waals surface area contributed by atoms with Gasteiger partial charge in [0.1, 0.15) is 0 Å². The summed E-state index contributed by atoms with van der Waals surface area (Å²) in [5, 5.41) is 3.23. The number of esters is 2. The van der Waals surface area contributed by atoms with Crippen LogP contribution in [0.25, 0.3) is 0 Å². The predicted molar refractivity (Wildman–Crippen MR) is 113 cm³/mol. The number of hydrogen-bond donors (Lipinski definition) is 1. The first-order valence-electron chi connectivity index (χ1n) is 9.46. The fraction of sp³-hybridized carbons (Fsp3) is 0.273. The van der Waals surface area contributed by atoms with E-state index in [1.165, 1.54) is 32.4 Å². The number of likely N-dealkylation sites (tertiary alicyclic amines) is 1. The Morgan fingerprint density at radius 2 is 1.68 bits per heavy atom. The molecule has 0 saturated carbocycles. The zero-order valence-corrected chi connectivity index (χ0v) is 17.8. The van der Waals surface area contributed by atoms with Crippen LogP contribution in [0.2, 0.25) is 5.02 Å². The number of hydrogen-bond acceptors (Lipinski definition) is 6. The van der Waals surface area contributed by atoms with Crippen LogP contribution in [0.5, 0.6) is 0 Å². The third kappa shape index (κ3) is 5.21. The second kappa shape index (κ2) is 9.61. The van der Waals surface area contributed by atoms with Crippen LogP contribution in [-0.4, -0.2) is 49.4 Å². The number of carbonyl (C=O) groups is 4. The van der Waals surface area contributed by atoms with Crippen molar-refractivity contribution < 1.29 is 28.7 Å². The largest absolute Gasteiger partial charge is 0.465 e. The normalized spacial score (nSPS) is 15.5. The average molecular weight is 445 g/mol. The Kier molecular flexibility index (Phi) is 6.91. The van der Waals surface area contributed by atoms with Crippen LogP contribution in [0.15, 0.2) is 42.5 Å². The second-order valence-electron chi connectivity index (χ2n) is 7.04. The van der Waals surface area contributed by atoms with Gasteiger partial charge in [-0.3, -0.25) is 9.59 Å². The molecule has 1 unspecified atom stereocenters. The van der Waals surface area contributed by atoms with Gasteiger partial charge in [-0.25, -0.2) is 9.59 Å². The van der Waals surface area contributed by atoms with Crippen molar-refractivity contribution in [2.75, 3.05) is 26.1 Å². The summed E-state index contributed by atoms with van der Waals surface area (Å²) in [4.78, 5) is 50.6. The monoisotopic (exact) mass is 444 g/mol. The molecule has 1 fully saturated rings. The van der Waals surface area contributed by atoms with Crippen LogP contribution in [0.1, 0.15) is 32.7 Å². The molecular weight excluding hydrogens is 424 g/mol. The second-order valence-corrected chi connectivity index (χ2v) is 7.45. The van der Waals surface area contributed by atoms with Crippen molar-refractivity contribution in [2.45, 2.75) is 13.0 Å². The Balaban J connectivity index is 1.74. The van der Waals surface area contributed by atoms with Crippen LogP contribution in [0.4, 0.5) is 5.69 Å². The molecule has 0 radical (unpaired) electrons. The molecule has 31 heavy (non-hydrogen) atoms. The summed E-state index contributed by atoms with van der Waals surface area (Å²) in [5.74, 6) is -2.46. The fourth-order valence-corrected chi connectivity index (χ4v) is 3.54. The van der Waals surface area contributed by atoms with E-state index in [1.54, 1.807) is 17.0 Å². The highest BCUT2D eigenvalue weighted by atomic mass is 35.5. The van der Waals surface area contributed by atoms with Crippen molar-refractivity contribution in [1.82, 2.24) is 4.90 Å². The average Bonchev–Trinajstić information content (AvgIpc) is 3.14. The van der Waals surface area contributed by atoms with Gasteiger partial charge in [-0.1, -0.05) is 29.8 Å². The molecule has 0 aromatic heterocycles. The highest BCUT2D eigenvalue weighted by molar-refractivity contribution is 6.31. The molecule has 1 heterocycles. The molecule has 1 saturated heterocycles. The van der Waals surface area contributed by atoms with E-state index >= 15 is 0 Å². The standard InChI is InChI=1S/C22H21ClN2O6/c1-30-21(28)14-7-15(22(29)31-2)9-17(8-14)24-20(27)16-10-19(26)25(12-16)11-13-5-3-4-6-18(13)23/h3-9,16H,10-12H2,1-2H3,(H,24,27). The van der Waals surface area contributed by atoms with E-state index in [1.807, 2.05) is 12.1 Å². The molecule has 1 atom stereocenters. The lowest BCUT2D eigenvalue weighted by Crippen LogP contribution is -2.28. The molecule has 0 aliphatic carbocycles. The van der Waals surface area contributed by atoms with Crippen LogP contribution in [0, 0.1) is 5.92 Å². The van der Waals surface area contributed by atoms with Crippen molar-refractivity contribution in [1.29, 1.82) is 0 Å². The lowest BCUT2D eigenvalue weighted by molar-refractivity contribution is -0.128. The van der Waals surface area contributed by atoms with Gasteiger partial charge in [0, 0.05) is 30.2 Å². The van der Waals surface area contributed by atoms with Gasteiger partial charge >= 0.3 is 11.9 Å². The number of methoxy groups -OCH3 is 2. The summed E-state index contributed by atoms with van der Waals surface area (Å²) in [6.07, 6.45) is 0.0524. The molecule has 9 heteroatoms. The Labute approximate surface area is 184 Å². The van der Waals surface area contributed by atoms with Gasteiger partial charge in [0.25, 0.3) is 0 Å². The molecular formula is C22H21ClN2O6. The Bertz CT molecular complexity index is 1000. The summed E-state index contributed by atoms with van der Waals surface area (Å²) < 4.78 is 9.39. The van der Waals surface area contributed by atoms with Crippen molar-refractivity contribution in [3.63, 3.8) is 0 Å². The molecule has 0 spiro atoms. The van der Waals surface area contributed by atoms with Gasteiger partial charge in [-0.05, 0) is 29.8 Å². The minimum atomic E-state index is -0.664. The molecule has 162 valence electrons. The molecule has 2 aromatic carbocycles. The molecule has 8 nitrogen and oxygen atoms in total.